The molecule has 1 saturated heterocycles. The quantitative estimate of drug-likeness (QED) is 0.868. The van der Waals surface area contributed by atoms with Gasteiger partial charge < -0.3 is 10.2 Å². The standard InChI is InChI=1S/C16H25NO2/c1-3-6-14-7-4-5-8-17(14)12(2)13-9-15(18)11-16(19)10-13/h9-12,14,18-19H,3-8H2,1-2H3. The predicted octanol–water partition coefficient (Wildman–Crippen LogP) is 3.81. The molecule has 1 aromatic carbocycles. The molecule has 0 bridgehead atoms. The molecule has 0 radical (unpaired) electrons. The van der Waals surface area contributed by atoms with Gasteiger partial charge in [0.1, 0.15) is 11.5 Å². The molecule has 2 unspecified atom stereocenters. The molecule has 1 aromatic rings. The Morgan fingerprint density at radius 1 is 1.21 bits per heavy atom. The number of phenols is 2. The van der Waals surface area contributed by atoms with Gasteiger partial charge in [0, 0.05) is 18.2 Å². The first-order valence-corrected chi connectivity index (χ1v) is 7.40. The molecule has 3 heteroatoms. The lowest BCUT2D eigenvalue weighted by Gasteiger charge is -2.40. The van der Waals surface area contributed by atoms with E-state index in [0.717, 1.165) is 12.1 Å². The van der Waals surface area contributed by atoms with Crippen LogP contribution in [-0.4, -0.2) is 27.7 Å². The predicted molar refractivity (Wildman–Crippen MR) is 77.4 cm³/mol. The fourth-order valence-corrected chi connectivity index (χ4v) is 3.23. The first kappa shape index (κ1) is 14.2. The summed E-state index contributed by atoms with van der Waals surface area (Å²) in [5.74, 6) is 0.289. The van der Waals surface area contributed by atoms with Gasteiger partial charge in [-0.25, -0.2) is 0 Å². The van der Waals surface area contributed by atoms with Gasteiger partial charge in [0.2, 0.25) is 0 Å². The SMILES string of the molecule is CCCC1CCCCN1C(C)c1cc(O)cc(O)c1. The van der Waals surface area contributed by atoms with Gasteiger partial charge in [0.15, 0.2) is 0 Å². The highest BCUT2D eigenvalue weighted by atomic mass is 16.3. The van der Waals surface area contributed by atoms with Crippen LogP contribution in [-0.2, 0) is 0 Å². The van der Waals surface area contributed by atoms with Gasteiger partial charge in [-0.2, -0.15) is 0 Å². The Morgan fingerprint density at radius 3 is 2.53 bits per heavy atom. The number of likely N-dealkylation sites (tertiary alicyclic amines) is 1. The Labute approximate surface area is 115 Å². The van der Waals surface area contributed by atoms with Crippen LogP contribution in [0.1, 0.15) is 57.6 Å². The fourth-order valence-electron chi connectivity index (χ4n) is 3.23. The third-order valence-electron chi connectivity index (χ3n) is 4.20. The first-order valence-electron chi connectivity index (χ1n) is 7.40. The van der Waals surface area contributed by atoms with Gasteiger partial charge in [0.25, 0.3) is 0 Å². The van der Waals surface area contributed by atoms with E-state index in [2.05, 4.69) is 18.7 Å². The maximum Gasteiger partial charge on any atom is 0.119 e. The van der Waals surface area contributed by atoms with Crippen LogP contribution in [0.4, 0.5) is 0 Å². The molecule has 0 spiro atoms. The second-order valence-corrected chi connectivity index (χ2v) is 5.63. The molecule has 1 heterocycles. The summed E-state index contributed by atoms with van der Waals surface area (Å²) in [6, 6.07) is 5.80. The van der Waals surface area contributed by atoms with Crippen LogP contribution < -0.4 is 0 Å². The molecule has 0 aliphatic carbocycles. The number of nitrogens with zero attached hydrogens (tertiary/aromatic N) is 1. The zero-order valence-corrected chi connectivity index (χ0v) is 12.0. The highest BCUT2D eigenvalue weighted by Gasteiger charge is 2.26. The third-order valence-corrected chi connectivity index (χ3v) is 4.20. The summed E-state index contributed by atoms with van der Waals surface area (Å²) < 4.78 is 0. The Bertz CT molecular complexity index is 397. The molecule has 1 fully saturated rings. The average molecular weight is 263 g/mol. The molecule has 0 saturated carbocycles. The van der Waals surface area contributed by atoms with E-state index in [0.29, 0.717) is 6.04 Å². The summed E-state index contributed by atoms with van der Waals surface area (Å²) in [4.78, 5) is 2.53. The Balaban J connectivity index is 2.18. The van der Waals surface area contributed by atoms with E-state index in [1.165, 1.54) is 38.2 Å². The lowest BCUT2D eigenvalue weighted by atomic mass is 9.94. The van der Waals surface area contributed by atoms with Gasteiger partial charge >= 0.3 is 0 Å². The smallest absolute Gasteiger partial charge is 0.119 e. The summed E-state index contributed by atoms with van der Waals surface area (Å²) in [6.45, 7) is 5.52. The van der Waals surface area contributed by atoms with E-state index in [1.807, 2.05) is 0 Å². The van der Waals surface area contributed by atoms with Crippen molar-refractivity contribution >= 4 is 0 Å². The van der Waals surface area contributed by atoms with Gasteiger partial charge in [-0.1, -0.05) is 19.8 Å². The number of benzene rings is 1. The minimum atomic E-state index is 0.144. The minimum absolute atomic E-state index is 0.144. The zero-order valence-electron chi connectivity index (χ0n) is 12.0. The van der Waals surface area contributed by atoms with Crippen molar-refractivity contribution in [1.82, 2.24) is 4.90 Å². The van der Waals surface area contributed by atoms with Gasteiger partial charge in [-0.15, -0.1) is 0 Å². The average Bonchev–Trinajstić information content (AvgIpc) is 2.38. The summed E-state index contributed by atoms with van der Waals surface area (Å²) in [6.07, 6.45) is 6.27. The second kappa shape index (κ2) is 6.29. The van der Waals surface area contributed by atoms with Crippen LogP contribution in [0.2, 0.25) is 0 Å². The molecule has 0 aromatic heterocycles. The number of phenolic OH excluding ortho intramolecular Hbond substituents is 2. The van der Waals surface area contributed by atoms with Crippen LogP contribution in [0.15, 0.2) is 18.2 Å². The number of hydrogen-bond acceptors (Lipinski definition) is 3. The number of hydrogen-bond donors (Lipinski definition) is 2. The molecule has 2 rings (SSSR count). The van der Waals surface area contributed by atoms with Gasteiger partial charge in [-0.05, 0) is 50.4 Å². The monoisotopic (exact) mass is 263 g/mol. The van der Waals surface area contributed by atoms with E-state index in [4.69, 9.17) is 0 Å². The van der Waals surface area contributed by atoms with Crippen molar-refractivity contribution < 1.29 is 10.2 Å². The second-order valence-electron chi connectivity index (χ2n) is 5.63. The Hall–Kier alpha value is -1.22. The zero-order chi connectivity index (χ0) is 13.8. The molecule has 106 valence electrons. The van der Waals surface area contributed by atoms with Crippen molar-refractivity contribution in [3.63, 3.8) is 0 Å². The minimum Gasteiger partial charge on any atom is -0.508 e. The van der Waals surface area contributed by atoms with Crippen LogP contribution in [0.3, 0.4) is 0 Å². The van der Waals surface area contributed by atoms with E-state index >= 15 is 0 Å². The van der Waals surface area contributed by atoms with Crippen molar-refractivity contribution in [2.75, 3.05) is 6.54 Å². The van der Waals surface area contributed by atoms with Crippen molar-refractivity contribution in [2.45, 2.75) is 58.0 Å². The molecule has 2 N–H and O–H groups in total. The normalized spacial score (nSPS) is 22.3. The van der Waals surface area contributed by atoms with E-state index < -0.39 is 0 Å². The molecular formula is C16H25NO2. The summed E-state index contributed by atoms with van der Waals surface area (Å²) in [5, 5.41) is 19.3. The molecule has 0 amide bonds. The van der Waals surface area contributed by atoms with Crippen LogP contribution in [0, 0.1) is 0 Å². The molecular weight excluding hydrogens is 238 g/mol. The van der Waals surface area contributed by atoms with Crippen LogP contribution in [0.25, 0.3) is 0 Å². The topological polar surface area (TPSA) is 43.7 Å². The first-order chi connectivity index (χ1) is 9.11. The van der Waals surface area contributed by atoms with E-state index in [9.17, 15) is 10.2 Å². The van der Waals surface area contributed by atoms with E-state index in [1.54, 1.807) is 12.1 Å². The lowest BCUT2D eigenvalue weighted by molar-refractivity contribution is 0.0961. The number of piperidine rings is 1. The number of aromatic hydroxyl groups is 2. The largest absolute Gasteiger partial charge is 0.508 e. The van der Waals surface area contributed by atoms with E-state index in [-0.39, 0.29) is 17.5 Å². The van der Waals surface area contributed by atoms with Crippen LogP contribution >= 0.6 is 0 Å². The molecule has 3 nitrogen and oxygen atoms in total. The summed E-state index contributed by atoms with van der Waals surface area (Å²) in [5.41, 5.74) is 1.00. The maximum absolute atomic E-state index is 9.63. The summed E-state index contributed by atoms with van der Waals surface area (Å²) in [7, 11) is 0. The van der Waals surface area contributed by atoms with Crippen molar-refractivity contribution in [3.05, 3.63) is 23.8 Å². The fraction of sp³-hybridized carbons (Fsp3) is 0.625. The maximum atomic E-state index is 9.63. The van der Waals surface area contributed by atoms with Crippen molar-refractivity contribution in [3.8, 4) is 11.5 Å². The van der Waals surface area contributed by atoms with Crippen molar-refractivity contribution in [1.29, 1.82) is 0 Å². The molecule has 1 aliphatic rings. The number of rotatable bonds is 4. The third kappa shape index (κ3) is 3.41. The van der Waals surface area contributed by atoms with Gasteiger partial charge in [-0.3, -0.25) is 4.90 Å². The summed E-state index contributed by atoms with van der Waals surface area (Å²) >= 11 is 0. The molecule has 19 heavy (non-hydrogen) atoms. The molecule has 1 aliphatic heterocycles. The highest BCUT2D eigenvalue weighted by Crippen LogP contribution is 2.33. The Morgan fingerprint density at radius 2 is 1.89 bits per heavy atom. The molecule has 2 atom stereocenters. The Kier molecular flexibility index (Phi) is 4.70. The van der Waals surface area contributed by atoms with Gasteiger partial charge in [0.05, 0.1) is 0 Å². The van der Waals surface area contributed by atoms with Crippen molar-refractivity contribution in [2.24, 2.45) is 0 Å². The highest BCUT2D eigenvalue weighted by molar-refractivity contribution is 5.38. The lowest BCUT2D eigenvalue weighted by Crippen LogP contribution is -2.41. The van der Waals surface area contributed by atoms with Crippen LogP contribution in [0.5, 0.6) is 11.5 Å².